The normalized spacial score (nSPS) is 10.5. The highest BCUT2D eigenvalue weighted by atomic mass is 35.5. The number of halogens is 1. The number of hydrogen-bond donors (Lipinski definition) is 1. The first-order valence-electron chi connectivity index (χ1n) is 4.25. The molecule has 0 unspecified atom stereocenters. The second kappa shape index (κ2) is 3.47. The molecule has 1 heterocycles. The molecule has 0 amide bonds. The lowest BCUT2D eigenvalue weighted by Gasteiger charge is -2.02. The SMILES string of the molecule is Cc1ccc2nc(C(=O)O)nc(Cl)c2c1. The van der Waals surface area contributed by atoms with E-state index in [0.29, 0.717) is 10.9 Å². The molecule has 76 valence electrons. The summed E-state index contributed by atoms with van der Waals surface area (Å²) >= 11 is 5.86. The topological polar surface area (TPSA) is 63.1 Å². The van der Waals surface area contributed by atoms with Crippen LogP contribution >= 0.6 is 11.6 Å². The number of fused-ring (bicyclic) bond motifs is 1. The average molecular weight is 223 g/mol. The molecule has 0 aliphatic carbocycles. The van der Waals surface area contributed by atoms with Crippen LogP contribution in [0.3, 0.4) is 0 Å². The van der Waals surface area contributed by atoms with Gasteiger partial charge in [-0.15, -0.1) is 0 Å². The van der Waals surface area contributed by atoms with Gasteiger partial charge in [0.25, 0.3) is 0 Å². The van der Waals surface area contributed by atoms with Gasteiger partial charge in [-0.3, -0.25) is 0 Å². The highest BCUT2D eigenvalue weighted by Gasteiger charge is 2.11. The lowest BCUT2D eigenvalue weighted by molar-refractivity contribution is 0.0684. The van der Waals surface area contributed by atoms with Crippen molar-refractivity contribution in [3.63, 3.8) is 0 Å². The number of nitrogens with zero attached hydrogens (tertiary/aromatic N) is 2. The van der Waals surface area contributed by atoms with Crippen molar-refractivity contribution in [2.75, 3.05) is 0 Å². The molecular formula is C10H7ClN2O2. The van der Waals surface area contributed by atoms with Crippen LogP contribution in [0.5, 0.6) is 0 Å². The number of carboxylic acids is 1. The maximum Gasteiger partial charge on any atom is 0.374 e. The molecule has 1 aromatic heterocycles. The average Bonchev–Trinajstić information content (AvgIpc) is 2.18. The number of hydrogen-bond acceptors (Lipinski definition) is 3. The summed E-state index contributed by atoms with van der Waals surface area (Å²) < 4.78 is 0. The maximum absolute atomic E-state index is 10.7. The molecule has 1 N–H and O–H groups in total. The Morgan fingerprint density at radius 2 is 2.13 bits per heavy atom. The van der Waals surface area contributed by atoms with Crippen LogP contribution < -0.4 is 0 Å². The molecule has 0 aliphatic rings. The van der Waals surface area contributed by atoms with Gasteiger partial charge in [0, 0.05) is 5.39 Å². The fraction of sp³-hybridized carbons (Fsp3) is 0.100. The Bertz CT molecular complexity index is 554. The minimum atomic E-state index is -1.18. The Morgan fingerprint density at radius 1 is 1.40 bits per heavy atom. The Kier molecular flexibility index (Phi) is 2.28. The zero-order valence-corrected chi connectivity index (χ0v) is 8.62. The molecular weight excluding hydrogens is 216 g/mol. The summed E-state index contributed by atoms with van der Waals surface area (Å²) in [4.78, 5) is 18.3. The highest BCUT2D eigenvalue weighted by Crippen LogP contribution is 2.21. The Labute approximate surface area is 90.5 Å². The fourth-order valence-corrected chi connectivity index (χ4v) is 1.53. The van der Waals surface area contributed by atoms with Crippen molar-refractivity contribution in [2.45, 2.75) is 6.92 Å². The van der Waals surface area contributed by atoms with E-state index in [1.54, 1.807) is 6.07 Å². The summed E-state index contributed by atoms with van der Waals surface area (Å²) in [6.45, 7) is 1.92. The third kappa shape index (κ3) is 1.76. The minimum absolute atomic E-state index is 0.168. The van der Waals surface area contributed by atoms with Crippen LogP contribution in [0.4, 0.5) is 0 Å². The van der Waals surface area contributed by atoms with Gasteiger partial charge in [0.15, 0.2) is 0 Å². The summed E-state index contributed by atoms with van der Waals surface area (Å²) in [6, 6.07) is 5.39. The summed E-state index contributed by atoms with van der Waals surface area (Å²) in [6.07, 6.45) is 0. The van der Waals surface area contributed by atoms with E-state index in [2.05, 4.69) is 9.97 Å². The molecule has 0 spiro atoms. The second-order valence-electron chi connectivity index (χ2n) is 3.16. The molecule has 1 aromatic carbocycles. The van der Waals surface area contributed by atoms with Crippen molar-refractivity contribution in [3.8, 4) is 0 Å². The first kappa shape index (κ1) is 9.86. The highest BCUT2D eigenvalue weighted by molar-refractivity contribution is 6.34. The van der Waals surface area contributed by atoms with E-state index in [1.807, 2.05) is 19.1 Å². The predicted octanol–water partition coefficient (Wildman–Crippen LogP) is 2.29. The van der Waals surface area contributed by atoms with Crippen molar-refractivity contribution >= 4 is 28.5 Å². The number of carboxylic acid groups (broad SMARTS) is 1. The van der Waals surface area contributed by atoms with Gasteiger partial charge >= 0.3 is 5.97 Å². The van der Waals surface area contributed by atoms with Gasteiger partial charge in [-0.05, 0) is 19.1 Å². The van der Waals surface area contributed by atoms with Crippen LogP contribution in [0.15, 0.2) is 18.2 Å². The summed E-state index contributed by atoms with van der Waals surface area (Å²) in [7, 11) is 0. The van der Waals surface area contributed by atoms with Crippen molar-refractivity contribution in [1.82, 2.24) is 9.97 Å². The van der Waals surface area contributed by atoms with Crippen LogP contribution in [-0.4, -0.2) is 21.0 Å². The van der Waals surface area contributed by atoms with Crippen LogP contribution in [0, 0.1) is 6.92 Å². The molecule has 0 saturated heterocycles. The van der Waals surface area contributed by atoms with E-state index in [9.17, 15) is 4.79 Å². The molecule has 0 aliphatic heterocycles. The molecule has 0 saturated carbocycles. The van der Waals surface area contributed by atoms with Crippen LogP contribution in [0.1, 0.15) is 16.2 Å². The van der Waals surface area contributed by atoms with Gasteiger partial charge in [-0.2, -0.15) is 0 Å². The smallest absolute Gasteiger partial charge is 0.374 e. The number of carbonyl (C=O) groups is 1. The summed E-state index contributed by atoms with van der Waals surface area (Å²) in [5.41, 5.74) is 1.56. The van der Waals surface area contributed by atoms with Crippen molar-refractivity contribution in [2.24, 2.45) is 0 Å². The van der Waals surface area contributed by atoms with Gasteiger partial charge < -0.3 is 5.11 Å². The molecule has 15 heavy (non-hydrogen) atoms. The van der Waals surface area contributed by atoms with Crippen LogP contribution in [0.2, 0.25) is 5.15 Å². The molecule has 0 fully saturated rings. The number of rotatable bonds is 1. The molecule has 2 rings (SSSR count). The zero-order chi connectivity index (χ0) is 11.0. The maximum atomic E-state index is 10.7. The van der Waals surface area contributed by atoms with E-state index >= 15 is 0 Å². The molecule has 0 bridgehead atoms. The molecule has 0 atom stereocenters. The third-order valence-corrected chi connectivity index (χ3v) is 2.28. The number of aromatic carboxylic acids is 1. The lowest BCUT2D eigenvalue weighted by atomic mass is 10.2. The first-order valence-corrected chi connectivity index (χ1v) is 4.63. The Balaban J connectivity index is 2.78. The quantitative estimate of drug-likeness (QED) is 0.752. The van der Waals surface area contributed by atoms with Crippen LogP contribution in [-0.2, 0) is 0 Å². The van der Waals surface area contributed by atoms with Crippen LogP contribution in [0.25, 0.3) is 10.9 Å². The molecule has 0 radical (unpaired) electrons. The fourth-order valence-electron chi connectivity index (χ4n) is 1.30. The number of aryl methyl sites for hydroxylation is 1. The predicted molar refractivity (Wildman–Crippen MR) is 56.2 cm³/mol. The third-order valence-electron chi connectivity index (χ3n) is 2.00. The standard InChI is InChI=1S/C10H7ClN2O2/c1-5-2-3-7-6(4-5)8(11)13-9(12-7)10(14)15/h2-4H,1H3,(H,14,15). The van der Waals surface area contributed by atoms with E-state index < -0.39 is 5.97 Å². The Morgan fingerprint density at radius 3 is 2.80 bits per heavy atom. The van der Waals surface area contributed by atoms with Crippen molar-refractivity contribution in [3.05, 3.63) is 34.7 Å². The summed E-state index contributed by atoms with van der Waals surface area (Å²) in [5, 5.41) is 9.58. The van der Waals surface area contributed by atoms with Crippen molar-refractivity contribution in [1.29, 1.82) is 0 Å². The minimum Gasteiger partial charge on any atom is -0.475 e. The van der Waals surface area contributed by atoms with Crippen molar-refractivity contribution < 1.29 is 9.90 Å². The molecule has 4 nitrogen and oxygen atoms in total. The second-order valence-corrected chi connectivity index (χ2v) is 3.52. The molecule has 2 aromatic rings. The van der Waals surface area contributed by atoms with E-state index in [4.69, 9.17) is 16.7 Å². The van der Waals surface area contributed by atoms with E-state index in [-0.39, 0.29) is 11.0 Å². The summed E-state index contributed by atoms with van der Waals surface area (Å²) in [5.74, 6) is -1.46. The van der Waals surface area contributed by atoms with E-state index in [0.717, 1.165) is 5.56 Å². The number of aromatic nitrogens is 2. The lowest BCUT2D eigenvalue weighted by Crippen LogP contribution is -2.04. The van der Waals surface area contributed by atoms with Gasteiger partial charge in [-0.1, -0.05) is 23.2 Å². The van der Waals surface area contributed by atoms with Gasteiger partial charge in [0.05, 0.1) is 5.52 Å². The van der Waals surface area contributed by atoms with Gasteiger partial charge in [0.2, 0.25) is 5.82 Å². The Hall–Kier alpha value is -1.68. The first-order chi connectivity index (χ1) is 7.08. The number of benzene rings is 1. The monoisotopic (exact) mass is 222 g/mol. The zero-order valence-electron chi connectivity index (χ0n) is 7.86. The van der Waals surface area contributed by atoms with Gasteiger partial charge in [0.1, 0.15) is 5.15 Å². The largest absolute Gasteiger partial charge is 0.475 e. The molecule has 5 heteroatoms. The van der Waals surface area contributed by atoms with E-state index in [1.165, 1.54) is 0 Å². The van der Waals surface area contributed by atoms with Gasteiger partial charge in [-0.25, -0.2) is 14.8 Å².